The lowest BCUT2D eigenvalue weighted by atomic mass is 9.99. The highest BCUT2D eigenvalue weighted by atomic mass is 16.7. The summed E-state index contributed by atoms with van der Waals surface area (Å²) in [6, 6.07) is 9.99. The minimum atomic E-state index is -0.167. The Balaban J connectivity index is 1.92. The smallest absolute Gasteiger partial charge is 0.309 e. The van der Waals surface area contributed by atoms with E-state index in [4.69, 9.17) is 9.57 Å². The van der Waals surface area contributed by atoms with Crippen molar-refractivity contribution in [1.82, 2.24) is 5.06 Å². The molecule has 4 heteroatoms. The molecule has 2 fully saturated rings. The standard InChI is InChI=1S/C12H13NO3/c1-13-11(8-5-3-2-4-6-8)12-9(16-13)7-10(14)15-12/h2-6,9,11-12H,7H2,1H3/t9-,11-,12+/m1/s1. The molecule has 1 aromatic rings. The minimum Gasteiger partial charge on any atom is -0.457 e. The van der Waals surface area contributed by atoms with Gasteiger partial charge in [-0.3, -0.25) is 9.63 Å². The maximum atomic E-state index is 11.2. The van der Waals surface area contributed by atoms with Gasteiger partial charge in [-0.15, -0.1) is 0 Å². The van der Waals surface area contributed by atoms with Gasteiger partial charge in [-0.25, -0.2) is 0 Å². The van der Waals surface area contributed by atoms with E-state index in [1.165, 1.54) is 0 Å². The van der Waals surface area contributed by atoms with E-state index in [1.807, 2.05) is 37.4 Å². The van der Waals surface area contributed by atoms with Gasteiger partial charge in [-0.2, -0.15) is 5.06 Å². The molecular weight excluding hydrogens is 206 g/mol. The molecule has 3 rings (SSSR count). The average molecular weight is 219 g/mol. The van der Waals surface area contributed by atoms with Gasteiger partial charge in [0.1, 0.15) is 6.10 Å². The van der Waals surface area contributed by atoms with Gasteiger partial charge in [0.15, 0.2) is 6.10 Å². The second kappa shape index (κ2) is 3.57. The highest BCUT2D eigenvalue weighted by molar-refractivity contribution is 5.73. The molecule has 0 spiro atoms. The Morgan fingerprint density at radius 2 is 2.06 bits per heavy atom. The molecule has 0 N–H and O–H groups in total. The van der Waals surface area contributed by atoms with Crippen molar-refractivity contribution in [2.45, 2.75) is 24.7 Å². The van der Waals surface area contributed by atoms with Crippen molar-refractivity contribution in [3.05, 3.63) is 35.9 Å². The third kappa shape index (κ3) is 1.42. The SMILES string of the molecule is CN1O[C@@H]2CC(=O)O[C@@H]2[C@H]1c1ccccc1. The maximum absolute atomic E-state index is 11.2. The number of carbonyl (C=O) groups excluding carboxylic acids is 1. The van der Waals surface area contributed by atoms with Crippen molar-refractivity contribution in [3.63, 3.8) is 0 Å². The lowest BCUT2D eigenvalue weighted by Crippen LogP contribution is -2.25. The summed E-state index contributed by atoms with van der Waals surface area (Å²) >= 11 is 0. The van der Waals surface area contributed by atoms with Gasteiger partial charge in [-0.05, 0) is 5.56 Å². The van der Waals surface area contributed by atoms with E-state index in [0.29, 0.717) is 6.42 Å². The van der Waals surface area contributed by atoms with E-state index in [-0.39, 0.29) is 24.2 Å². The lowest BCUT2D eigenvalue weighted by molar-refractivity contribution is -0.156. The first-order valence-corrected chi connectivity index (χ1v) is 5.40. The van der Waals surface area contributed by atoms with Crippen molar-refractivity contribution in [2.24, 2.45) is 0 Å². The number of fused-ring (bicyclic) bond motifs is 1. The fourth-order valence-corrected chi connectivity index (χ4v) is 2.46. The quantitative estimate of drug-likeness (QED) is 0.667. The van der Waals surface area contributed by atoms with E-state index in [9.17, 15) is 4.79 Å². The molecule has 4 nitrogen and oxygen atoms in total. The number of esters is 1. The molecule has 0 saturated carbocycles. The number of ether oxygens (including phenoxy) is 1. The molecule has 0 aromatic heterocycles. The Morgan fingerprint density at radius 3 is 2.81 bits per heavy atom. The highest BCUT2D eigenvalue weighted by Gasteiger charge is 2.50. The molecule has 0 unspecified atom stereocenters. The Kier molecular flexibility index (Phi) is 2.19. The van der Waals surface area contributed by atoms with Crippen molar-refractivity contribution < 1.29 is 14.4 Å². The molecule has 2 heterocycles. The Bertz CT molecular complexity index is 406. The van der Waals surface area contributed by atoms with Crippen LogP contribution in [0.3, 0.4) is 0 Å². The van der Waals surface area contributed by atoms with Crippen LogP contribution in [0.2, 0.25) is 0 Å². The Morgan fingerprint density at radius 1 is 1.31 bits per heavy atom. The molecule has 0 aliphatic carbocycles. The van der Waals surface area contributed by atoms with E-state index >= 15 is 0 Å². The molecule has 84 valence electrons. The molecule has 2 aliphatic rings. The summed E-state index contributed by atoms with van der Waals surface area (Å²) < 4.78 is 5.32. The second-order valence-corrected chi connectivity index (χ2v) is 4.20. The summed E-state index contributed by atoms with van der Waals surface area (Å²) in [5.74, 6) is -0.163. The van der Waals surface area contributed by atoms with E-state index < -0.39 is 0 Å². The number of hydroxylamine groups is 2. The fourth-order valence-electron chi connectivity index (χ4n) is 2.46. The monoisotopic (exact) mass is 219 g/mol. The van der Waals surface area contributed by atoms with Crippen LogP contribution in [-0.2, 0) is 14.4 Å². The molecule has 2 aliphatic heterocycles. The molecule has 0 bridgehead atoms. The second-order valence-electron chi connectivity index (χ2n) is 4.20. The summed E-state index contributed by atoms with van der Waals surface area (Å²) in [6.07, 6.45) is 0.0702. The molecule has 1 aromatic carbocycles. The van der Waals surface area contributed by atoms with Gasteiger partial charge < -0.3 is 4.74 Å². The first-order valence-electron chi connectivity index (χ1n) is 5.40. The fraction of sp³-hybridized carbons (Fsp3) is 0.417. The predicted octanol–water partition coefficient (Wildman–Crippen LogP) is 1.29. The lowest BCUT2D eigenvalue weighted by Gasteiger charge is -2.21. The molecular formula is C12H13NO3. The summed E-state index contributed by atoms with van der Waals surface area (Å²) in [4.78, 5) is 16.8. The normalized spacial score (nSPS) is 33.8. The number of hydrogen-bond donors (Lipinski definition) is 0. The zero-order valence-electron chi connectivity index (χ0n) is 9.00. The number of nitrogens with zero attached hydrogens (tertiary/aromatic N) is 1. The van der Waals surface area contributed by atoms with Crippen LogP contribution in [0.25, 0.3) is 0 Å². The minimum absolute atomic E-state index is 0.0117. The molecule has 0 radical (unpaired) electrons. The van der Waals surface area contributed by atoms with Gasteiger partial charge in [0.25, 0.3) is 0 Å². The molecule has 2 saturated heterocycles. The maximum Gasteiger partial charge on any atom is 0.309 e. The molecule has 16 heavy (non-hydrogen) atoms. The topological polar surface area (TPSA) is 38.8 Å². The summed E-state index contributed by atoms with van der Waals surface area (Å²) in [7, 11) is 1.88. The third-order valence-electron chi connectivity index (χ3n) is 3.15. The summed E-state index contributed by atoms with van der Waals surface area (Å²) in [5.41, 5.74) is 1.12. The van der Waals surface area contributed by atoms with Crippen LogP contribution in [0.15, 0.2) is 30.3 Å². The number of rotatable bonds is 1. The predicted molar refractivity (Wildman–Crippen MR) is 56.3 cm³/mol. The van der Waals surface area contributed by atoms with Crippen molar-refractivity contribution in [2.75, 3.05) is 7.05 Å². The van der Waals surface area contributed by atoms with Gasteiger partial charge >= 0.3 is 5.97 Å². The number of likely N-dealkylation sites (N-methyl/N-ethyl adjacent to an activating group) is 1. The summed E-state index contributed by atoms with van der Waals surface area (Å²) in [6.45, 7) is 0. The van der Waals surface area contributed by atoms with Crippen LogP contribution < -0.4 is 0 Å². The number of hydrogen-bond acceptors (Lipinski definition) is 4. The van der Waals surface area contributed by atoms with Gasteiger partial charge in [-0.1, -0.05) is 30.3 Å². The van der Waals surface area contributed by atoms with Crippen LogP contribution in [0.1, 0.15) is 18.0 Å². The van der Waals surface area contributed by atoms with E-state index in [0.717, 1.165) is 5.56 Å². The van der Waals surface area contributed by atoms with Crippen LogP contribution in [0.4, 0.5) is 0 Å². The number of carbonyl (C=O) groups is 1. The zero-order valence-corrected chi connectivity index (χ0v) is 9.00. The average Bonchev–Trinajstić information content (AvgIpc) is 2.74. The van der Waals surface area contributed by atoms with Crippen LogP contribution in [-0.4, -0.2) is 30.3 Å². The van der Waals surface area contributed by atoms with E-state index in [1.54, 1.807) is 5.06 Å². The molecule has 3 atom stereocenters. The van der Waals surface area contributed by atoms with E-state index in [2.05, 4.69) is 0 Å². The van der Waals surface area contributed by atoms with Crippen LogP contribution in [0, 0.1) is 0 Å². The van der Waals surface area contributed by atoms with Crippen molar-refractivity contribution in [1.29, 1.82) is 0 Å². The highest BCUT2D eigenvalue weighted by Crippen LogP contribution is 2.39. The Hall–Kier alpha value is -1.39. The van der Waals surface area contributed by atoms with Gasteiger partial charge in [0.05, 0.1) is 12.5 Å². The Labute approximate surface area is 93.7 Å². The van der Waals surface area contributed by atoms with Crippen molar-refractivity contribution >= 4 is 5.97 Å². The van der Waals surface area contributed by atoms with Crippen molar-refractivity contribution in [3.8, 4) is 0 Å². The van der Waals surface area contributed by atoms with Gasteiger partial charge in [0.2, 0.25) is 0 Å². The largest absolute Gasteiger partial charge is 0.457 e. The zero-order chi connectivity index (χ0) is 11.1. The van der Waals surface area contributed by atoms with Crippen LogP contribution in [0.5, 0.6) is 0 Å². The molecule has 0 amide bonds. The summed E-state index contributed by atoms with van der Waals surface area (Å²) in [5, 5.41) is 1.79. The first kappa shape index (κ1) is 9.81. The van der Waals surface area contributed by atoms with Gasteiger partial charge in [0, 0.05) is 7.05 Å². The third-order valence-corrected chi connectivity index (χ3v) is 3.15. The first-order chi connectivity index (χ1) is 7.75. The number of benzene rings is 1. The van der Waals surface area contributed by atoms with Crippen LogP contribution >= 0.6 is 0 Å².